The first-order chi connectivity index (χ1) is 8.52. The number of hydrogen-bond acceptors (Lipinski definition) is 4. The summed E-state index contributed by atoms with van der Waals surface area (Å²) in [5.41, 5.74) is 0. The Bertz CT molecular complexity index is 221. The fraction of sp³-hybridized carbons (Fsp3) is 1.00. The van der Waals surface area contributed by atoms with Crippen LogP contribution in [-0.4, -0.2) is 60.2 Å². The summed E-state index contributed by atoms with van der Waals surface area (Å²) in [6.07, 6.45) is 0. The van der Waals surface area contributed by atoms with Crippen LogP contribution >= 0.6 is 12.4 Å². The van der Waals surface area contributed by atoms with Crippen LogP contribution in [0.5, 0.6) is 0 Å². The molecule has 4 nitrogen and oxygen atoms in total. The van der Waals surface area contributed by atoms with E-state index >= 15 is 0 Å². The van der Waals surface area contributed by atoms with Crippen molar-refractivity contribution in [2.24, 2.45) is 0 Å². The van der Waals surface area contributed by atoms with Gasteiger partial charge in [0.25, 0.3) is 0 Å². The van der Waals surface area contributed by atoms with Gasteiger partial charge in [-0.3, -0.25) is 0 Å². The average Bonchev–Trinajstić information content (AvgIpc) is 2.28. The second-order valence-electron chi connectivity index (χ2n) is 4.32. The number of nitrogens with zero attached hydrogens (tertiary/aromatic N) is 1. The van der Waals surface area contributed by atoms with E-state index in [4.69, 9.17) is 0 Å². The summed E-state index contributed by atoms with van der Waals surface area (Å²) < 4.78 is 36.0. The van der Waals surface area contributed by atoms with Gasteiger partial charge in [0.1, 0.15) is 0 Å². The third kappa shape index (κ3) is 8.50. The molecular formula is C10H23ClF3N4Ti. The zero-order valence-corrected chi connectivity index (χ0v) is 13.5. The number of nitrogens with one attached hydrogen (secondary N) is 3. The molecule has 0 aliphatic carbocycles. The SMILES string of the molecule is Cl.[CH3][Ti]([N]1CCNCCNCCNCC1)[C](F)(F)F. The molecule has 1 aliphatic rings. The molecule has 1 aliphatic heterocycles. The van der Waals surface area contributed by atoms with Crippen molar-refractivity contribution in [1.82, 2.24) is 19.3 Å². The molecule has 1 fully saturated rings. The Morgan fingerprint density at radius 1 is 0.842 bits per heavy atom. The molecule has 0 aromatic heterocycles. The fourth-order valence-corrected chi connectivity index (χ4v) is 3.74. The van der Waals surface area contributed by atoms with Gasteiger partial charge in [-0.1, -0.05) is 0 Å². The molecule has 3 N–H and O–H groups in total. The normalized spacial score (nSPS) is 20.8. The summed E-state index contributed by atoms with van der Waals surface area (Å²) in [6.45, 7) is 5.56. The minimum absolute atomic E-state index is 0. The van der Waals surface area contributed by atoms with Crippen molar-refractivity contribution in [3.8, 4) is 0 Å². The molecule has 115 valence electrons. The summed E-state index contributed by atoms with van der Waals surface area (Å²) in [4.78, 5) is 0. The van der Waals surface area contributed by atoms with E-state index < -0.39 is 22.6 Å². The molecule has 0 bridgehead atoms. The van der Waals surface area contributed by atoms with Crippen LogP contribution < -0.4 is 16.0 Å². The Kier molecular flexibility index (Phi) is 10.7. The summed E-state index contributed by atoms with van der Waals surface area (Å²) in [5.74, 6) is 0. The summed E-state index contributed by atoms with van der Waals surface area (Å²) in [7, 11) is 0. The number of alkyl halides is 3. The summed E-state index contributed by atoms with van der Waals surface area (Å²) >= 11 is -3.14. The zero-order chi connectivity index (χ0) is 13.4. The molecule has 0 amide bonds. The van der Waals surface area contributed by atoms with Crippen molar-refractivity contribution in [3.05, 3.63) is 0 Å². The molecule has 0 aromatic rings. The third-order valence-corrected chi connectivity index (χ3v) is 6.42. The van der Waals surface area contributed by atoms with E-state index in [1.165, 1.54) is 5.23 Å². The molecule has 1 heterocycles. The van der Waals surface area contributed by atoms with Crippen molar-refractivity contribution in [1.29, 1.82) is 0 Å². The van der Waals surface area contributed by atoms with Crippen LogP contribution in [0.3, 0.4) is 0 Å². The van der Waals surface area contributed by atoms with Gasteiger partial charge in [-0.15, -0.1) is 12.4 Å². The molecule has 9 heteroatoms. The van der Waals surface area contributed by atoms with E-state index in [-0.39, 0.29) is 12.4 Å². The summed E-state index contributed by atoms with van der Waals surface area (Å²) in [6, 6.07) is 0. The van der Waals surface area contributed by atoms with Gasteiger partial charge in [-0.2, -0.15) is 0 Å². The topological polar surface area (TPSA) is 39.3 Å². The monoisotopic (exact) mass is 339 g/mol. The molecule has 0 unspecified atom stereocenters. The van der Waals surface area contributed by atoms with E-state index in [0.717, 1.165) is 26.2 Å². The maximum atomic E-state index is 12.8. The van der Waals surface area contributed by atoms with Crippen molar-refractivity contribution < 1.29 is 31.3 Å². The van der Waals surface area contributed by atoms with Gasteiger partial charge in [0, 0.05) is 0 Å². The molecular weight excluding hydrogens is 316 g/mol. The first-order valence-corrected chi connectivity index (χ1v) is 9.34. The predicted octanol–water partition coefficient (Wildman–Crippen LogP) is 0.594. The first-order valence-electron chi connectivity index (χ1n) is 6.29. The Labute approximate surface area is 125 Å². The van der Waals surface area contributed by atoms with Crippen molar-refractivity contribution >= 4 is 12.4 Å². The number of rotatable bonds is 1. The molecule has 0 atom stereocenters. The molecule has 1 rings (SSSR count). The Hall–Kier alpha value is 0.634. The van der Waals surface area contributed by atoms with Gasteiger partial charge in [0.15, 0.2) is 0 Å². The molecule has 0 aromatic carbocycles. The van der Waals surface area contributed by atoms with Crippen molar-refractivity contribution in [2.75, 3.05) is 52.4 Å². The van der Waals surface area contributed by atoms with Crippen molar-refractivity contribution in [2.45, 2.75) is 9.71 Å². The van der Waals surface area contributed by atoms with E-state index in [2.05, 4.69) is 16.0 Å². The number of hydrogen-bond donors (Lipinski definition) is 3. The molecule has 0 saturated carbocycles. The van der Waals surface area contributed by atoms with Crippen LogP contribution in [0.4, 0.5) is 13.2 Å². The quantitative estimate of drug-likeness (QED) is 0.612. The third-order valence-electron chi connectivity index (χ3n) is 2.96. The van der Waals surface area contributed by atoms with Gasteiger partial charge >= 0.3 is 113 Å². The van der Waals surface area contributed by atoms with Crippen LogP contribution in [-0.2, 0) is 18.1 Å². The van der Waals surface area contributed by atoms with Crippen molar-refractivity contribution in [3.63, 3.8) is 0 Å². The van der Waals surface area contributed by atoms with E-state index in [1.807, 2.05) is 0 Å². The van der Waals surface area contributed by atoms with Gasteiger partial charge < -0.3 is 0 Å². The van der Waals surface area contributed by atoms with Crippen LogP contribution in [0.15, 0.2) is 0 Å². The van der Waals surface area contributed by atoms with Crippen LogP contribution in [0, 0.1) is 0 Å². The van der Waals surface area contributed by atoms with E-state index in [1.54, 1.807) is 3.38 Å². The average molecular weight is 340 g/mol. The molecule has 19 heavy (non-hydrogen) atoms. The van der Waals surface area contributed by atoms with Gasteiger partial charge in [-0.25, -0.2) is 0 Å². The first kappa shape index (κ1) is 19.6. The Morgan fingerprint density at radius 2 is 1.21 bits per heavy atom. The summed E-state index contributed by atoms with van der Waals surface area (Å²) in [5, 5.41) is 11.0. The zero-order valence-electron chi connectivity index (χ0n) is 11.1. The standard InChI is InChI=1S/C8H19N4.CF3.CH3.ClH.Ti/c1-2-10-5-6-12-8-7-11-4-3-9-1;2-1(3)4;;;/h9-11H,1-8H2;;1H3;1H;/q-1;;;;+1. The molecule has 0 spiro atoms. The molecule has 1 saturated heterocycles. The van der Waals surface area contributed by atoms with E-state index in [9.17, 15) is 13.2 Å². The predicted molar refractivity (Wildman–Crippen MR) is 69.3 cm³/mol. The number of halogens is 4. The Morgan fingerprint density at radius 3 is 1.58 bits per heavy atom. The Balaban J connectivity index is 0.00000324. The maximum absolute atomic E-state index is 12.8. The van der Waals surface area contributed by atoms with Crippen LogP contribution in [0.25, 0.3) is 0 Å². The van der Waals surface area contributed by atoms with Gasteiger partial charge in [0.05, 0.1) is 0 Å². The van der Waals surface area contributed by atoms with E-state index in [0.29, 0.717) is 26.2 Å². The minimum atomic E-state index is -3.99. The second kappa shape index (κ2) is 10.4. The fourth-order valence-electron chi connectivity index (χ4n) is 1.78. The molecule has 0 radical (unpaired) electrons. The van der Waals surface area contributed by atoms with Gasteiger partial charge in [-0.05, 0) is 0 Å². The van der Waals surface area contributed by atoms with Crippen LogP contribution in [0.1, 0.15) is 0 Å². The second-order valence-corrected chi connectivity index (χ2v) is 8.02. The van der Waals surface area contributed by atoms with Gasteiger partial charge in [0.2, 0.25) is 0 Å². The van der Waals surface area contributed by atoms with Crippen LogP contribution in [0.2, 0.25) is 5.23 Å².